The van der Waals surface area contributed by atoms with Gasteiger partial charge in [0.1, 0.15) is 5.54 Å². The van der Waals surface area contributed by atoms with Crippen LogP contribution in [0.25, 0.3) is 0 Å². The van der Waals surface area contributed by atoms with Crippen LogP contribution >= 0.6 is 0 Å². The molecule has 0 aromatic rings. The van der Waals surface area contributed by atoms with E-state index in [1.165, 1.54) is 19.3 Å². The molecule has 3 atom stereocenters. The Morgan fingerprint density at radius 1 is 1.26 bits per heavy atom. The predicted octanol–water partition coefficient (Wildman–Crippen LogP) is 1.99. The van der Waals surface area contributed by atoms with Crippen molar-refractivity contribution in [1.29, 1.82) is 0 Å². The minimum atomic E-state index is -0.636. The standard InChI is InChI=1S/C15H26N2O2/c1-11-4-2-3-9-17(11)13-7-8-15(10-13,14(18)19)16-12-5-6-12/h11-13,16H,2-10H2,1H3,(H,18,19). The van der Waals surface area contributed by atoms with Crippen LogP contribution in [0.4, 0.5) is 0 Å². The van der Waals surface area contributed by atoms with E-state index in [1.54, 1.807) is 0 Å². The highest BCUT2D eigenvalue weighted by Gasteiger charge is 2.49. The summed E-state index contributed by atoms with van der Waals surface area (Å²) in [6.45, 7) is 3.46. The molecule has 1 heterocycles. The Hall–Kier alpha value is -0.610. The molecule has 3 fully saturated rings. The van der Waals surface area contributed by atoms with Crippen LogP contribution in [0, 0.1) is 0 Å². The zero-order valence-electron chi connectivity index (χ0n) is 11.9. The molecule has 108 valence electrons. The first-order chi connectivity index (χ1) is 9.11. The molecule has 2 aliphatic carbocycles. The maximum Gasteiger partial charge on any atom is 0.323 e. The third-order valence-corrected chi connectivity index (χ3v) is 5.28. The summed E-state index contributed by atoms with van der Waals surface area (Å²) >= 11 is 0. The number of carbonyl (C=O) groups is 1. The van der Waals surface area contributed by atoms with Crippen LogP contribution in [-0.4, -0.2) is 46.2 Å². The number of likely N-dealkylation sites (tertiary alicyclic amines) is 1. The van der Waals surface area contributed by atoms with Gasteiger partial charge in [0.05, 0.1) is 0 Å². The van der Waals surface area contributed by atoms with Crippen molar-refractivity contribution in [1.82, 2.24) is 10.2 Å². The van der Waals surface area contributed by atoms with Crippen molar-refractivity contribution < 1.29 is 9.90 Å². The molecule has 4 nitrogen and oxygen atoms in total. The van der Waals surface area contributed by atoms with Gasteiger partial charge in [0.2, 0.25) is 0 Å². The van der Waals surface area contributed by atoms with E-state index in [2.05, 4.69) is 17.1 Å². The van der Waals surface area contributed by atoms with E-state index in [1.807, 2.05) is 0 Å². The number of hydrogen-bond donors (Lipinski definition) is 2. The maximum absolute atomic E-state index is 11.7. The van der Waals surface area contributed by atoms with Gasteiger partial charge in [-0.15, -0.1) is 0 Å². The van der Waals surface area contributed by atoms with Gasteiger partial charge in [0.15, 0.2) is 0 Å². The summed E-state index contributed by atoms with van der Waals surface area (Å²) in [5.74, 6) is -0.633. The van der Waals surface area contributed by atoms with Gasteiger partial charge in [-0.1, -0.05) is 6.42 Å². The average Bonchev–Trinajstić information content (AvgIpc) is 3.08. The Bertz CT molecular complexity index is 356. The van der Waals surface area contributed by atoms with Gasteiger partial charge in [-0.3, -0.25) is 15.0 Å². The Morgan fingerprint density at radius 3 is 2.68 bits per heavy atom. The van der Waals surface area contributed by atoms with Crippen molar-refractivity contribution in [3.63, 3.8) is 0 Å². The fraction of sp³-hybridized carbons (Fsp3) is 0.933. The minimum Gasteiger partial charge on any atom is -0.480 e. The van der Waals surface area contributed by atoms with Crippen molar-refractivity contribution in [3.8, 4) is 0 Å². The fourth-order valence-corrected chi connectivity index (χ4v) is 3.97. The lowest BCUT2D eigenvalue weighted by atomic mass is 9.95. The second-order valence-electron chi connectivity index (χ2n) is 6.79. The molecule has 0 spiro atoms. The molecule has 4 heteroatoms. The van der Waals surface area contributed by atoms with E-state index in [0.29, 0.717) is 18.1 Å². The Morgan fingerprint density at radius 2 is 2.05 bits per heavy atom. The van der Waals surface area contributed by atoms with Crippen LogP contribution in [0.15, 0.2) is 0 Å². The molecule has 0 bridgehead atoms. The number of piperidine rings is 1. The molecular weight excluding hydrogens is 240 g/mol. The lowest BCUT2D eigenvalue weighted by Gasteiger charge is -2.38. The van der Waals surface area contributed by atoms with Crippen LogP contribution in [-0.2, 0) is 4.79 Å². The molecule has 2 N–H and O–H groups in total. The van der Waals surface area contributed by atoms with Crippen molar-refractivity contribution in [2.24, 2.45) is 0 Å². The fourth-order valence-electron chi connectivity index (χ4n) is 3.97. The first-order valence-electron chi connectivity index (χ1n) is 7.87. The summed E-state index contributed by atoms with van der Waals surface area (Å²) in [4.78, 5) is 14.3. The maximum atomic E-state index is 11.7. The third-order valence-electron chi connectivity index (χ3n) is 5.28. The molecule has 0 amide bonds. The highest BCUT2D eigenvalue weighted by molar-refractivity contribution is 5.79. The Labute approximate surface area is 115 Å². The van der Waals surface area contributed by atoms with E-state index in [4.69, 9.17) is 0 Å². The largest absolute Gasteiger partial charge is 0.480 e. The van der Waals surface area contributed by atoms with E-state index in [-0.39, 0.29) is 0 Å². The number of rotatable bonds is 4. The summed E-state index contributed by atoms with van der Waals surface area (Å²) in [5, 5.41) is 13.1. The molecule has 1 saturated heterocycles. The van der Waals surface area contributed by atoms with Gasteiger partial charge in [-0.2, -0.15) is 0 Å². The highest BCUT2D eigenvalue weighted by Crippen LogP contribution is 2.38. The highest BCUT2D eigenvalue weighted by atomic mass is 16.4. The number of carboxylic acids is 1. The van der Waals surface area contributed by atoms with Gasteiger partial charge < -0.3 is 5.11 Å². The first-order valence-corrected chi connectivity index (χ1v) is 7.87. The molecule has 0 aromatic heterocycles. The predicted molar refractivity (Wildman–Crippen MR) is 74.2 cm³/mol. The first kappa shape index (κ1) is 13.4. The van der Waals surface area contributed by atoms with Crippen LogP contribution in [0.5, 0.6) is 0 Å². The molecule has 3 rings (SSSR count). The Kier molecular flexibility index (Phi) is 3.56. The van der Waals surface area contributed by atoms with Crippen LogP contribution in [0.2, 0.25) is 0 Å². The molecule has 1 aliphatic heterocycles. The summed E-state index contributed by atoms with van der Waals surface area (Å²) in [7, 11) is 0. The summed E-state index contributed by atoms with van der Waals surface area (Å²) in [5.41, 5.74) is -0.636. The van der Waals surface area contributed by atoms with Gasteiger partial charge in [0.25, 0.3) is 0 Å². The molecule has 19 heavy (non-hydrogen) atoms. The number of hydrogen-bond acceptors (Lipinski definition) is 3. The lowest BCUT2D eigenvalue weighted by Crippen LogP contribution is -2.53. The molecule has 3 aliphatic rings. The zero-order chi connectivity index (χ0) is 13.5. The number of nitrogens with one attached hydrogen (secondary N) is 1. The Balaban J connectivity index is 1.67. The average molecular weight is 266 g/mol. The van der Waals surface area contributed by atoms with E-state index in [0.717, 1.165) is 38.6 Å². The van der Waals surface area contributed by atoms with Crippen LogP contribution in [0.3, 0.4) is 0 Å². The van der Waals surface area contributed by atoms with Gasteiger partial charge in [0, 0.05) is 18.1 Å². The smallest absolute Gasteiger partial charge is 0.323 e. The quantitative estimate of drug-likeness (QED) is 0.817. The van der Waals surface area contributed by atoms with Gasteiger partial charge in [-0.25, -0.2) is 0 Å². The van der Waals surface area contributed by atoms with Crippen molar-refractivity contribution in [2.75, 3.05) is 6.54 Å². The van der Waals surface area contributed by atoms with Gasteiger partial charge in [-0.05, 0) is 58.4 Å². The topological polar surface area (TPSA) is 52.6 Å². The van der Waals surface area contributed by atoms with Crippen LogP contribution < -0.4 is 5.32 Å². The number of nitrogens with zero attached hydrogens (tertiary/aromatic N) is 1. The van der Waals surface area contributed by atoms with E-state index >= 15 is 0 Å². The number of aliphatic carboxylic acids is 1. The third kappa shape index (κ3) is 2.65. The van der Waals surface area contributed by atoms with Crippen molar-refractivity contribution in [2.45, 2.75) is 82.0 Å². The normalized spacial score (nSPS) is 40.5. The van der Waals surface area contributed by atoms with Crippen molar-refractivity contribution >= 4 is 5.97 Å². The minimum absolute atomic E-state index is 0.466. The summed E-state index contributed by atoms with van der Waals surface area (Å²) in [6.07, 6.45) is 8.81. The van der Waals surface area contributed by atoms with Crippen molar-refractivity contribution in [3.05, 3.63) is 0 Å². The molecule has 0 aromatic carbocycles. The molecular formula is C15H26N2O2. The summed E-state index contributed by atoms with van der Waals surface area (Å²) in [6, 6.07) is 1.57. The SMILES string of the molecule is CC1CCCCN1C1CCC(NC2CC2)(C(=O)O)C1. The molecule has 2 saturated carbocycles. The molecule has 0 radical (unpaired) electrons. The summed E-state index contributed by atoms with van der Waals surface area (Å²) < 4.78 is 0. The lowest BCUT2D eigenvalue weighted by molar-refractivity contribution is -0.145. The zero-order valence-corrected chi connectivity index (χ0v) is 11.9. The second kappa shape index (κ2) is 5.06. The monoisotopic (exact) mass is 266 g/mol. The van der Waals surface area contributed by atoms with Gasteiger partial charge >= 0.3 is 5.97 Å². The number of carboxylic acid groups (broad SMARTS) is 1. The van der Waals surface area contributed by atoms with E-state index in [9.17, 15) is 9.90 Å². The second-order valence-corrected chi connectivity index (χ2v) is 6.79. The van der Waals surface area contributed by atoms with E-state index < -0.39 is 11.5 Å². The molecule has 3 unspecified atom stereocenters. The van der Waals surface area contributed by atoms with Crippen LogP contribution in [0.1, 0.15) is 58.3 Å².